The van der Waals surface area contributed by atoms with Crippen molar-refractivity contribution in [1.29, 1.82) is 0 Å². The van der Waals surface area contributed by atoms with Crippen LogP contribution in [-0.2, 0) is 4.79 Å². The molecule has 1 atom stereocenters. The number of aromatic nitrogens is 2. The van der Waals surface area contributed by atoms with Gasteiger partial charge in [-0.05, 0) is 49.7 Å². The van der Waals surface area contributed by atoms with Gasteiger partial charge in [0.05, 0.1) is 23.7 Å². The highest BCUT2D eigenvalue weighted by Gasteiger charge is 2.14. The lowest BCUT2D eigenvalue weighted by molar-refractivity contribution is -0.123. The zero-order valence-electron chi connectivity index (χ0n) is 17.6. The van der Waals surface area contributed by atoms with Crippen LogP contribution in [0.1, 0.15) is 25.5 Å². The van der Waals surface area contributed by atoms with Crippen molar-refractivity contribution in [3.8, 4) is 22.9 Å². The lowest BCUT2D eigenvalue weighted by atomic mass is 10.1. The van der Waals surface area contributed by atoms with E-state index in [-0.39, 0.29) is 18.6 Å². The summed E-state index contributed by atoms with van der Waals surface area (Å²) in [5.41, 5.74) is 3.80. The molecule has 0 aliphatic heterocycles. The molecule has 0 spiro atoms. The zero-order chi connectivity index (χ0) is 21.6. The summed E-state index contributed by atoms with van der Waals surface area (Å²) >= 11 is 0. The van der Waals surface area contributed by atoms with E-state index in [0.717, 1.165) is 28.0 Å². The molecule has 3 aromatic carbocycles. The molecule has 4 rings (SSSR count). The largest absolute Gasteiger partial charge is 0.490 e. The second kappa shape index (κ2) is 9.34. The quantitative estimate of drug-likeness (QED) is 0.430. The normalized spacial score (nSPS) is 11.8. The molecule has 0 saturated heterocycles. The standard InChI is InChI=1S/C25H25N3O3/c1-3-30-23-15-19(25-27-20-11-7-8-12-21(20)28-25)13-14-22(23)31-16-24(29)26-17(2)18-9-5-4-6-10-18/h4-15,17H,3,16H2,1-2H3,(H,26,29)(H,27,28). The Balaban J connectivity index is 1.46. The first-order chi connectivity index (χ1) is 15.1. The number of H-pyrrole nitrogens is 1. The van der Waals surface area contributed by atoms with Gasteiger partial charge in [-0.2, -0.15) is 0 Å². The molecule has 1 heterocycles. The van der Waals surface area contributed by atoms with E-state index in [2.05, 4.69) is 15.3 Å². The van der Waals surface area contributed by atoms with Crippen molar-refractivity contribution in [2.45, 2.75) is 19.9 Å². The Kier molecular flexibility index (Phi) is 6.17. The molecule has 2 N–H and O–H groups in total. The first-order valence-electron chi connectivity index (χ1n) is 10.3. The summed E-state index contributed by atoms with van der Waals surface area (Å²) in [6, 6.07) is 23.2. The minimum Gasteiger partial charge on any atom is -0.490 e. The number of hydrogen-bond acceptors (Lipinski definition) is 4. The van der Waals surface area contributed by atoms with Crippen molar-refractivity contribution < 1.29 is 14.3 Å². The number of fused-ring (bicyclic) bond motifs is 1. The summed E-state index contributed by atoms with van der Waals surface area (Å²) in [6.07, 6.45) is 0. The predicted octanol–water partition coefficient (Wildman–Crippen LogP) is 4.88. The van der Waals surface area contributed by atoms with E-state index in [4.69, 9.17) is 9.47 Å². The molecule has 1 unspecified atom stereocenters. The molecule has 0 saturated carbocycles. The van der Waals surface area contributed by atoms with Crippen LogP contribution in [0.2, 0.25) is 0 Å². The molecule has 1 amide bonds. The Hall–Kier alpha value is -3.80. The Bertz CT molecular complexity index is 1140. The van der Waals surface area contributed by atoms with Gasteiger partial charge in [-0.3, -0.25) is 4.79 Å². The molecule has 0 fully saturated rings. The molecule has 0 aliphatic rings. The maximum atomic E-state index is 12.4. The van der Waals surface area contributed by atoms with Crippen LogP contribution in [0.3, 0.4) is 0 Å². The van der Waals surface area contributed by atoms with E-state index in [9.17, 15) is 4.79 Å². The number of aromatic amines is 1. The summed E-state index contributed by atoms with van der Waals surface area (Å²) < 4.78 is 11.5. The highest BCUT2D eigenvalue weighted by molar-refractivity contribution is 5.80. The van der Waals surface area contributed by atoms with E-state index >= 15 is 0 Å². The first-order valence-corrected chi connectivity index (χ1v) is 10.3. The van der Waals surface area contributed by atoms with E-state index < -0.39 is 0 Å². The van der Waals surface area contributed by atoms with Gasteiger partial charge in [0.2, 0.25) is 0 Å². The smallest absolute Gasteiger partial charge is 0.258 e. The Morgan fingerprint density at radius 3 is 2.55 bits per heavy atom. The van der Waals surface area contributed by atoms with Crippen LogP contribution in [0.15, 0.2) is 72.8 Å². The number of hydrogen-bond donors (Lipinski definition) is 2. The molecule has 1 aromatic heterocycles. The van der Waals surface area contributed by atoms with E-state index in [1.807, 2.05) is 80.6 Å². The fourth-order valence-electron chi connectivity index (χ4n) is 3.38. The highest BCUT2D eigenvalue weighted by Crippen LogP contribution is 2.32. The van der Waals surface area contributed by atoms with E-state index in [0.29, 0.717) is 18.1 Å². The van der Waals surface area contributed by atoms with Gasteiger partial charge in [0.25, 0.3) is 5.91 Å². The molecule has 4 aromatic rings. The van der Waals surface area contributed by atoms with Crippen LogP contribution in [0.4, 0.5) is 0 Å². The van der Waals surface area contributed by atoms with E-state index in [1.54, 1.807) is 6.07 Å². The van der Waals surface area contributed by atoms with Gasteiger partial charge in [-0.25, -0.2) is 4.98 Å². The van der Waals surface area contributed by atoms with Crippen molar-refractivity contribution >= 4 is 16.9 Å². The monoisotopic (exact) mass is 415 g/mol. The fourth-order valence-corrected chi connectivity index (χ4v) is 3.38. The molecule has 6 heteroatoms. The first kappa shape index (κ1) is 20.5. The average molecular weight is 415 g/mol. The zero-order valence-corrected chi connectivity index (χ0v) is 17.6. The Morgan fingerprint density at radius 2 is 1.77 bits per heavy atom. The Labute approximate surface area is 181 Å². The van der Waals surface area contributed by atoms with Crippen molar-refractivity contribution in [2.24, 2.45) is 0 Å². The van der Waals surface area contributed by atoms with Gasteiger partial charge in [0.15, 0.2) is 18.1 Å². The summed E-state index contributed by atoms with van der Waals surface area (Å²) in [5, 5.41) is 2.95. The molecule has 6 nitrogen and oxygen atoms in total. The number of nitrogens with one attached hydrogen (secondary N) is 2. The summed E-state index contributed by atoms with van der Waals surface area (Å²) in [4.78, 5) is 20.3. The van der Waals surface area contributed by atoms with Gasteiger partial charge >= 0.3 is 0 Å². The van der Waals surface area contributed by atoms with Crippen molar-refractivity contribution in [3.05, 3.63) is 78.4 Å². The van der Waals surface area contributed by atoms with Crippen molar-refractivity contribution in [1.82, 2.24) is 15.3 Å². The molecule has 31 heavy (non-hydrogen) atoms. The molecular weight excluding hydrogens is 390 g/mol. The van der Waals surface area contributed by atoms with Crippen LogP contribution >= 0.6 is 0 Å². The van der Waals surface area contributed by atoms with Crippen LogP contribution in [-0.4, -0.2) is 29.1 Å². The maximum Gasteiger partial charge on any atom is 0.258 e. The second-order valence-electron chi connectivity index (χ2n) is 7.19. The van der Waals surface area contributed by atoms with Crippen LogP contribution in [0.5, 0.6) is 11.5 Å². The minimum atomic E-state index is -0.194. The second-order valence-corrected chi connectivity index (χ2v) is 7.19. The number of imidazole rings is 1. The van der Waals surface area contributed by atoms with Crippen molar-refractivity contribution in [3.63, 3.8) is 0 Å². The lowest BCUT2D eigenvalue weighted by Crippen LogP contribution is -2.31. The van der Waals surface area contributed by atoms with Crippen LogP contribution in [0.25, 0.3) is 22.4 Å². The predicted molar refractivity (Wildman–Crippen MR) is 121 cm³/mol. The third kappa shape index (κ3) is 4.86. The molecular formula is C25H25N3O3. The van der Waals surface area contributed by atoms with Crippen LogP contribution in [0, 0.1) is 0 Å². The minimum absolute atomic E-state index is 0.0960. The number of carbonyl (C=O) groups excluding carboxylic acids is 1. The number of nitrogens with zero attached hydrogens (tertiary/aromatic N) is 1. The van der Waals surface area contributed by atoms with Gasteiger partial charge < -0.3 is 19.8 Å². The summed E-state index contributed by atoms with van der Waals surface area (Å²) in [7, 11) is 0. The van der Waals surface area contributed by atoms with Gasteiger partial charge in [0.1, 0.15) is 5.82 Å². The number of ether oxygens (including phenoxy) is 2. The molecule has 158 valence electrons. The third-order valence-corrected chi connectivity index (χ3v) is 4.94. The highest BCUT2D eigenvalue weighted by atomic mass is 16.5. The van der Waals surface area contributed by atoms with Gasteiger partial charge in [-0.1, -0.05) is 42.5 Å². The van der Waals surface area contributed by atoms with Gasteiger partial charge in [-0.15, -0.1) is 0 Å². The number of rotatable bonds is 8. The molecule has 0 radical (unpaired) electrons. The fraction of sp³-hybridized carbons (Fsp3) is 0.200. The summed E-state index contributed by atoms with van der Waals surface area (Å²) in [6.45, 7) is 4.24. The number of carbonyl (C=O) groups is 1. The topological polar surface area (TPSA) is 76.2 Å². The molecule has 0 aliphatic carbocycles. The Morgan fingerprint density at radius 1 is 1.00 bits per heavy atom. The maximum absolute atomic E-state index is 12.4. The average Bonchev–Trinajstić information content (AvgIpc) is 3.23. The van der Waals surface area contributed by atoms with E-state index in [1.165, 1.54) is 0 Å². The number of benzene rings is 3. The van der Waals surface area contributed by atoms with Gasteiger partial charge in [0, 0.05) is 5.56 Å². The van der Waals surface area contributed by atoms with Crippen molar-refractivity contribution in [2.75, 3.05) is 13.2 Å². The van der Waals surface area contributed by atoms with Crippen LogP contribution < -0.4 is 14.8 Å². The SMILES string of the molecule is CCOc1cc(-c2nc3ccccc3[nH]2)ccc1OCC(=O)NC(C)c1ccccc1. The lowest BCUT2D eigenvalue weighted by Gasteiger charge is -2.16. The summed E-state index contributed by atoms with van der Waals surface area (Å²) in [5.74, 6) is 1.65. The molecule has 0 bridgehead atoms. The third-order valence-electron chi connectivity index (χ3n) is 4.94. The number of para-hydroxylation sites is 2. The number of amides is 1.